The molecule has 2 aliphatic heterocycles. The number of rotatable bonds is 10. The molecular formula is C38H34FN3O8S2. The molecule has 2 N–H and O–H groups in total. The first-order chi connectivity index (χ1) is 25.2. The molecule has 0 spiro atoms. The van der Waals surface area contributed by atoms with Gasteiger partial charge in [-0.3, -0.25) is 24.1 Å². The second kappa shape index (κ2) is 13.6. The zero-order chi connectivity index (χ0) is 36.3. The van der Waals surface area contributed by atoms with Crippen LogP contribution in [-0.2, 0) is 19.1 Å². The van der Waals surface area contributed by atoms with Crippen molar-refractivity contribution >= 4 is 58.2 Å². The summed E-state index contributed by atoms with van der Waals surface area (Å²) in [6.07, 6.45) is 0.724. The molecular weight excluding hydrogens is 710 g/mol. The maximum absolute atomic E-state index is 14.0. The summed E-state index contributed by atoms with van der Waals surface area (Å²) in [6, 6.07) is 17.3. The Balaban J connectivity index is 1.05. The number of benzene rings is 3. The molecule has 0 unspecified atom stereocenters. The van der Waals surface area contributed by atoms with Gasteiger partial charge in [0.05, 0.1) is 41.3 Å². The van der Waals surface area contributed by atoms with Crippen molar-refractivity contribution in [3.8, 4) is 11.5 Å². The van der Waals surface area contributed by atoms with E-state index in [0.717, 1.165) is 33.2 Å². The summed E-state index contributed by atoms with van der Waals surface area (Å²) in [6.45, 7) is 3.86. The van der Waals surface area contributed by atoms with Crippen molar-refractivity contribution < 1.29 is 37.8 Å². The summed E-state index contributed by atoms with van der Waals surface area (Å²) in [7, 11) is 0. The highest BCUT2D eigenvalue weighted by Gasteiger charge is 2.69. The first kappa shape index (κ1) is 34.2. The number of hydrogen-bond acceptors (Lipinski definition) is 10. The molecule has 11 nitrogen and oxygen atoms in total. The van der Waals surface area contributed by atoms with Crippen molar-refractivity contribution in [1.82, 2.24) is 4.98 Å². The van der Waals surface area contributed by atoms with Crippen LogP contribution in [0.25, 0.3) is 0 Å². The summed E-state index contributed by atoms with van der Waals surface area (Å²) < 4.78 is 30.7. The number of anilines is 2. The van der Waals surface area contributed by atoms with Crippen LogP contribution in [-0.4, -0.2) is 53.7 Å². The Kier molecular flexibility index (Phi) is 8.90. The number of esters is 1. The molecule has 14 heteroatoms. The van der Waals surface area contributed by atoms with Gasteiger partial charge in [0.2, 0.25) is 11.8 Å². The fraction of sp³-hybridized carbons (Fsp3) is 0.342. The first-order valence-electron chi connectivity index (χ1n) is 17.2. The number of ether oxygens (including phenoxy) is 3. The monoisotopic (exact) mass is 743 g/mol. The van der Waals surface area contributed by atoms with Crippen molar-refractivity contribution in [2.75, 3.05) is 30.0 Å². The van der Waals surface area contributed by atoms with Crippen LogP contribution in [0, 0.1) is 35.4 Å². The van der Waals surface area contributed by atoms with Crippen LogP contribution in [0.1, 0.15) is 47.0 Å². The average Bonchev–Trinajstić information content (AvgIpc) is 3.87. The normalized spacial score (nSPS) is 25.4. The van der Waals surface area contributed by atoms with Gasteiger partial charge in [-0.1, -0.05) is 17.4 Å². The Morgan fingerprint density at radius 1 is 0.904 bits per heavy atom. The summed E-state index contributed by atoms with van der Waals surface area (Å²) in [4.78, 5) is 70.3. The molecule has 3 heterocycles. The van der Waals surface area contributed by atoms with Gasteiger partial charge >= 0.3 is 10.8 Å². The van der Waals surface area contributed by atoms with Crippen LogP contribution in [0.4, 0.5) is 15.8 Å². The number of aromatic amines is 1. The van der Waals surface area contributed by atoms with Crippen LogP contribution in [0.3, 0.4) is 0 Å². The van der Waals surface area contributed by atoms with Crippen LogP contribution in [0.2, 0.25) is 0 Å². The fourth-order valence-electron chi connectivity index (χ4n) is 8.58. The number of hydrogen-bond donors (Lipinski definition) is 2. The Morgan fingerprint density at radius 2 is 1.63 bits per heavy atom. The highest BCUT2D eigenvalue weighted by Crippen LogP contribution is 2.68. The molecule has 2 aliphatic carbocycles. The van der Waals surface area contributed by atoms with Gasteiger partial charge in [0, 0.05) is 21.7 Å². The predicted octanol–water partition coefficient (Wildman–Crippen LogP) is 5.85. The first-order valence-corrected chi connectivity index (χ1v) is 18.9. The molecule has 1 aromatic heterocycles. The van der Waals surface area contributed by atoms with E-state index in [1.165, 1.54) is 29.2 Å². The molecule has 4 aromatic rings. The van der Waals surface area contributed by atoms with E-state index in [0.29, 0.717) is 35.0 Å². The van der Waals surface area contributed by atoms with E-state index in [9.17, 15) is 28.4 Å². The van der Waals surface area contributed by atoms with Crippen molar-refractivity contribution in [1.29, 1.82) is 0 Å². The smallest absolute Gasteiger partial charge is 0.338 e. The maximum Gasteiger partial charge on any atom is 0.338 e. The minimum atomic E-state index is -0.502. The molecule has 268 valence electrons. The van der Waals surface area contributed by atoms with Gasteiger partial charge in [-0.15, -0.1) is 11.8 Å². The number of H-pyrrole nitrogens is 1. The minimum absolute atomic E-state index is 0.0135. The number of thioether (sulfide) groups is 1. The summed E-state index contributed by atoms with van der Waals surface area (Å²) in [5.74, 6) is -2.44. The summed E-state index contributed by atoms with van der Waals surface area (Å²) in [5, 5.41) is 3.52. The lowest BCUT2D eigenvalue weighted by Crippen LogP contribution is -2.42. The number of nitrogens with zero attached hydrogens (tertiary/aromatic N) is 1. The second-order valence-corrected chi connectivity index (χ2v) is 15.4. The van der Waals surface area contributed by atoms with Crippen LogP contribution in [0.5, 0.6) is 11.5 Å². The number of fused-ring (bicyclic) bond motifs is 9. The Labute approximate surface area is 305 Å². The van der Waals surface area contributed by atoms with E-state index >= 15 is 0 Å². The highest BCUT2D eigenvalue weighted by molar-refractivity contribution is 8.00. The largest absolute Gasteiger partial charge is 0.490 e. The maximum atomic E-state index is 14.0. The lowest BCUT2D eigenvalue weighted by atomic mass is 9.68. The molecule has 3 fully saturated rings. The molecule has 4 aliphatic rings. The number of aromatic nitrogens is 1. The topological polar surface area (TPSA) is 144 Å². The third kappa shape index (κ3) is 5.77. The number of amides is 3. The zero-order valence-corrected chi connectivity index (χ0v) is 29.8. The Morgan fingerprint density at radius 3 is 2.35 bits per heavy atom. The number of carbonyl (C=O) groups is 4. The van der Waals surface area contributed by atoms with E-state index in [-0.39, 0.29) is 58.8 Å². The zero-order valence-electron chi connectivity index (χ0n) is 28.1. The predicted molar refractivity (Wildman–Crippen MR) is 192 cm³/mol. The van der Waals surface area contributed by atoms with Gasteiger partial charge in [0.1, 0.15) is 5.82 Å². The van der Waals surface area contributed by atoms with Crippen molar-refractivity contribution in [3.05, 3.63) is 98.2 Å². The lowest BCUT2D eigenvalue weighted by molar-refractivity contribution is -0.123. The van der Waals surface area contributed by atoms with Crippen LogP contribution in [0.15, 0.2) is 76.6 Å². The molecule has 1 saturated heterocycles. The molecule has 7 atom stereocenters. The van der Waals surface area contributed by atoms with Gasteiger partial charge in [-0.25, -0.2) is 9.18 Å². The third-order valence-electron chi connectivity index (χ3n) is 10.5. The summed E-state index contributed by atoms with van der Waals surface area (Å²) >= 11 is 2.75. The van der Waals surface area contributed by atoms with E-state index in [1.807, 2.05) is 19.1 Å². The SMILES string of the molecule is CCOC(=O)c1ccc(NC(=O)COc2ccc([C@@H]3c4sc(=O)[nH]c4S[C@@H]4[C@@H]5C[C@@H]([C@@H]6C(=O)N(c7ccc(F)cc7)C(=O)[C@@H]56)[C@H]34)cc2OCC)cc1. The van der Waals surface area contributed by atoms with Crippen molar-refractivity contribution in [2.24, 2.45) is 29.6 Å². The van der Waals surface area contributed by atoms with E-state index in [2.05, 4.69) is 10.3 Å². The second-order valence-electron chi connectivity index (χ2n) is 13.2. The van der Waals surface area contributed by atoms with Gasteiger partial charge in [0.25, 0.3) is 5.91 Å². The molecule has 3 amide bonds. The summed E-state index contributed by atoms with van der Waals surface area (Å²) in [5.41, 5.74) is 2.12. The van der Waals surface area contributed by atoms with E-state index < -0.39 is 29.5 Å². The van der Waals surface area contributed by atoms with Gasteiger partial charge in [0.15, 0.2) is 18.1 Å². The Hall–Kier alpha value is -4.95. The van der Waals surface area contributed by atoms with Crippen molar-refractivity contribution in [3.63, 3.8) is 0 Å². The number of imide groups is 1. The van der Waals surface area contributed by atoms with Crippen molar-refractivity contribution in [2.45, 2.75) is 36.5 Å². The number of thiazole rings is 1. The molecule has 52 heavy (non-hydrogen) atoms. The Bertz CT molecular complexity index is 2130. The van der Waals surface area contributed by atoms with Crippen LogP contribution < -0.4 is 24.6 Å². The number of halogens is 1. The van der Waals surface area contributed by atoms with E-state index in [1.54, 1.807) is 49.0 Å². The van der Waals surface area contributed by atoms with Gasteiger partial charge in [-0.05, 0) is 104 Å². The molecule has 3 aromatic carbocycles. The molecule has 0 radical (unpaired) electrons. The lowest BCUT2D eigenvalue weighted by Gasteiger charge is -2.43. The highest BCUT2D eigenvalue weighted by atomic mass is 32.2. The number of carbonyl (C=O) groups excluding carboxylic acids is 4. The molecule has 2 saturated carbocycles. The molecule has 8 rings (SSSR count). The average molecular weight is 744 g/mol. The quantitative estimate of drug-likeness (QED) is 0.151. The van der Waals surface area contributed by atoms with Crippen LogP contribution >= 0.6 is 23.1 Å². The van der Waals surface area contributed by atoms with E-state index in [4.69, 9.17) is 14.2 Å². The number of nitrogens with one attached hydrogen (secondary N) is 2. The minimum Gasteiger partial charge on any atom is -0.490 e. The van der Waals surface area contributed by atoms with Gasteiger partial charge < -0.3 is 24.5 Å². The molecule has 2 bridgehead atoms. The fourth-order valence-corrected chi connectivity index (χ4v) is 11.5. The standard InChI is InChI=1S/C38H34FN3O8S2/c1-3-48-26-15-19(7-14-25(26)50-17-27(43)40-21-10-5-18(6-11-21)37(46)49-4-2)28-29-23-16-24(32(29)51-34-33(28)52-38(47)41-34)31-30(23)35(44)42(36(31)45)22-12-8-20(39)9-13-22/h5-15,23-24,28-32H,3-4,16-17H2,1-2H3,(H,40,43)(H,41,47)/t23-,24-,28+,29-,30+,31+,32-/m1/s1. The van der Waals surface area contributed by atoms with Gasteiger partial charge in [-0.2, -0.15) is 0 Å². The third-order valence-corrected chi connectivity index (χ3v) is 13.1.